The Morgan fingerprint density at radius 3 is 2.74 bits per heavy atom. The van der Waals surface area contributed by atoms with Crippen LogP contribution in [0.25, 0.3) is 11.4 Å². The summed E-state index contributed by atoms with van der Waals surface area (Å²) in [7, 11) is 2.90. The first-order valence-electron chi connectivity index (χ1n) is 9.96. The fourth-order valence-corrected chi connectivity index (χ4v) is 3.99. The lowest BCUT2D eigenvalue weighted by atomic mass is 10.1. The Kier molecular flexibility index (Phi) is 6.08. The van der Waals surface area contributed by atoms with Gasteiger partial charge in [-0.05, 0) is 43.2 Å². The van der Waals surface area contributed by atoms with Crippen LogP contribution in [0.5, 0.6) is 11.5 Å². The number of nitrogens with one attached hydrogen (secondary N) is 1. The molecule has 4 rings (SSSR count). The number of hydrogen-bond acceptors (Lipinski definition) is 5. The Hall–Kier alpha value is -3.13. The van der Waals surface area contributed by atoms with Crippen LogP contribution < -0.4 is 14.8 Å². The summed E-state index contributed by atoms with van der Waals surface area (Å²) in [5.41, 5.74) is 0.936. The van der Waals surface area contributed by atoms with Crippen LogP contribution in [-0.2, 0) is 13.0 Å². The third-order valence-electron chi connectivity index (χ3n) is 5.28. The zero-order valence-corrected chi connectivity index (χ0v) is 18.0. The van der Waals surface area contributed by atoms with Crippen molar-refractivity contribution in [1.82, 2.24) is 14.8 Å². The number of nitrogens with zero attached hydrogens (tertiary/aromatic N) is 3. The number of halogens is 2. The number of aromatic nitrogens is 3. The number of methoxy groups -OCH3 is 2. The average Bonchev–Trinajstić information content (AvgIpc) is 3.02. The van der Waals surface area contributed by atoms with E-state index < -0.39 is 11.7 Å². The van der Waals surface area contributed by atoms with Crippen molar-refractivity contribution in [2.75, 3.05) is 19.5 Å². The average molecular weight is 445 g/mol. The summed E-state index contributed by atoms with van der Waals surface area (Å²) in [5.74, 6) is 1.14. The predicted molar refractivity (Wildman–Crippen MR) is 115 cm³/mol. The van der Waals surface area contributed by atoms with E-state index >= 15 is 0 Å². The smallest absolute Gasteiger partial charge is 0.255 e. The van der Waals surface area contributed by atoms with Crippen LogP contribution in [-0.4, -0.2) is 34.9 Å². The molecular weight excluding hydrogens is 423 g/mol. The van der Waals surface area contributed by atoms with E-state index in [2.05, 4.69) is 20.1 Å². The number of amides is 1. The molecule has 1 aromatic heterocycles. The van der Waals surface area contributed by atoms with Crippen molar-refractivity contribution in [3.63, 3.8) is 0 Å². The third-order valence-corrected chi connectivity index (χ3v) is 5.56. The van der Waals surface area contributed by atoms with E-state index in [1.54, 1.807) is 12.1 Å². The van der Waals surface area contributed by atoms with Gasteiger partial charge in [-0.1, -0.05) is 18.0 Å². The first-order chi connectivity index (χ1) is 15.0. The predicted octanol–water partition coefficient (Wildman–Crippen LogP) is 4.73. The Morgan fingerprint density at radius 2 is 1.97 bits per heavy atom. The number of fused-ring (bicyclic) bond motifs is 1. The molecule has 3 aromatic rings. The molecule has 2 heterocycles. The van der Waals surface area contributed by atoms with Crippen molar-refractivity contribution in [1.29, 1.82) is 0 Å². The molecule has 162 valence electrons. The van der Waals surface area contributed by atoms with Crippen LogP contribution >= 0.6 is 11.6 Å². The van der Waals surface area contributed by atoms with Gasteiger partial charge in [-0.15, -0.1) is 10.2 Å². The van der Waals surface area contributed by atoms with Crippen molar-refractivity contribution in [2.24, 2.45) is 0 Å². The third kappa shape index (κ3) is 4.20. The zero-order chi connectivity index (χ0) is 22.0. The quantitative estimate of drug-likeness (QED) is 0.615. The largest absolute Gasteiger partial charge is 0.493 e. The van der Waals surface area contributed by atoms with Gasteiger partial charge in [-0.2, -0.15) is 0 Å². The number of anilines is 1. The minimum absolute atomic E-state index is 0.0411. The fourth-order valence-electron chi connectivity index (χ4n) is 3.70. The second kappa shape index (κ2) is 8.93. The number of aryl methyl sites for hydroxylation is 1. The first-order valence-corrected chi connectivity index (χ1v) is 10.3. The van der Waals surface area contributed by atoms with E-state index in [1.165, 1.54) is 32.4 Å². The maximum atomic E-state index is 14.5. The van der Waals surface area contributed by atoms with Crippen LogP contribution in [0.3, 0.4) is 0 Å². The van der Waals surface area contributed by atoms with Crippen LogP contribution in [0, 0.1) is 5.82 Å². The SMILES string of the molecule is COc1cc(C(=O)Nc2cc(-c3nnc4n3CCCCC4)ccc2F)cc(Cl)c1OC. The molecule has 2 aromatic carbocycles. The highest BCUT2D eigenvalue weighted by Gasteiger charge is 2.19. The summed E-state index contributed by atoms with van der Waals surface area (Å²) in [6.45, 7) is 0.820. The number of hydrogen-bond donors (Lipinski definition) is 1. The molecule has 0 unspecified atom stereocenters. The van der Waals surface area contributed by atoms with Gasteiger partial charge in [0.25, 0.3) is 5.91 Å². The molecule has 31 heavy (non-hydrogen) atoms. The lowest BCUT2D eigenvalue weighted by Gasteiger charge is -2.13. The Bertz CT molecular complexity index is 1130. The first kappa shape index (κ1) is 21.1. The minimum atomic E-state index is -0.556. The molecule has 0 bridgehead atoms. The van der Waals surface area contributed by atoms with Crippen molar-refractivity contribution in [2.45, 2.75) is 32.2 Å². The molecule has 1 amide bonds. The van der Waals surface area contributed by atoms with E-state index in [1.807, 2.05) is 0 Å². The van der Waals surface area contributed by atoms with E-state index in [0.717, 1.165) is 38.1 Å². The molecule has 9 heteroatoms. The van der Waals surface area contributed by atoms with Crippen LogP contribution in [0.1, 0.15) is 35.4 Å². The normalized spacial score (nSPS) is 13.3. The van der Waals surface area contributed by atoms with E-state index in [-0.39, 0.29) is 16.3 Å². The van der Waals surface area contributed by atoms with E-state index in [0.29, 0.717) is 22.9 Å². The van der Waals surface area contributed by atoms with Gasteiger partial charge in [0.1, 0.15) is 11.6 Å². The van der Waals surface area contributed by atoms with Crippen molar-refractivity contribution >= 4 is 23.2 Å². The maximum absolute atomic E-state index is 14.5. The molecule has 0 spiro atoms. The van der Waals surface area contributed by atoms with Gasteiger partial charge < -0.3 is 19.4 Å². The van der Waals surface area contributed by atoms with Crippen LogP contribution in [0.15, 0.2) is 30.3 Å². The van der Waals surface area contributed by atoms with Gasteiger partial charge in [0.05, 0.1) is 24.9 Å². The molecule has 1 aliphatic heterocycles. The van der Waals surface area contributed by atoms with Crippen molar-refractivity contribution in [3.05, 3.63) is 52.6 Å². The minimum Gasteiger partial charge on any atom is -0.493 e. The van der Waals surface area contributed by atoms with Crippen molar-refractivity contribution in [3.8, 4) is 22.9 Å². The molecule has 1 aliphatic rings. The lowest BCUT2D eigenvalue weighted by Crippen LogP contribution is -2.14. The summed E-state index contributed by atoms with van der Waals surface area (Å²) >= 11 is 6.19. The number of carbonyl (C=O) groups is 1. The second-order valence-corrected chi connectivity index (χ2v) is 7.65. The number of benzene rings is 2. The number of carbonyl (C=O) groups excluding carboxylic acids is 1. The summed E-state index contributed by atoms with van der Waals surface area (Å²) in [5, 5.41) is 11.4. The monoisotopic (exact) mass is 444 g/mol. The molecule has 7 nitrogen and oxygen atoms in total. The summed E-state index contributed by atoms with van der Waals surface area (Å²) in [4.78, 5) is 12.8. The summed E-state index contributed by atoms with van der Waals surface area (Å²) < 4.78 is 27.0. The molecule has 0 atom stereocenters. The van der Waals surface area contributed by atoms with E-state index in [4.69, 9.17) is 21.1 Å². The highest BCUT2D eigenvalue weighted by Crippen LogP contribution is 2.36. The maximum Gasteiger partial charge on any atom is 0.255 e. The molecule has 0 saturated heterocycles. The molecule has 0 aliphatic carbocycles. The van der Waals surface area contributed by atoms with Gasteiger partial charge in [0.2, 0.25) is 0 Å². The lowest BCUT2D eigenvalue weighted by molar-refractivity contribution is 0.102. The zero-order valence-electron chi connectivity index (χ0n) is 17.2. The van der Waals surface area contributed by atoms with Gasteiger partial charge in [-0.3, -0.25) is 4.79 Å². The summed E-state index contributed by atoms with van der Waals surface area (Å²) in [6.07, 6.45) is 4.14. The van der Waals surface area contributed by atoms with Gasteiger partial charge in [-0.25, -0.2) is 4.39 Å². The molecule has 0 saturated carbocycles. The highest BCUT2D eigenvalue weighted by molar-refractivity contribution is 6.32. The van der Waals surface area contributed by atoms with Crippen LogP contribution in [0.2, 0.25) is 5.02 Å². The molecule has 1 N–H and O–H groups in total. The summed E-state index contributed by atoms with van der Waals surface area (Å²) in [6, 6.07) is 7.45. The van der Waals surface area contributed by atoms with E-state index in [9.17, 15) is 9.18 Å². The fraction of sp³-hybridized carbons (Fsp3) is 0.318. The number of ether oxygens (including phenoxy) is 2. The molecular formula is C22H22ClFN4O3. The van der Waals surface area contributed by atoms with Gasteiger partial charge >= 0.3 is 0 Å². The topological polar surface area (TPSA) is 78.3 Å². The van der Waals surface area contributed by atoms with Gasteiger partial charge in [0, 0.05) is 24.1 Å². The standard InChI is InChI=1S/C22H22ClFN4O3/c1-30-18-12-14(10-15(23)20(18)31-2)22(29)25-17-11-13(7-8-16(17)24)21-27-26-19-6-4-3-5-9-28(19)21/h7-8,10-12H,3-6,9H2,1-2H3,(H,25,29). The molecule has 0 fully saturated rings. The Labute approximate surface area is 184 Å². The van der Waals surface area contributed by atoms with Crippen molar-refractivity contribution < 1.29 is 18.7 Å². The Morgan fingerprint density at radius 1 is 1.13 bits per heavy atom. The van der Waals surface area contributed by atoms with Crippen LogP contribution in [0.4, 0.5) is 10.1 Å². The Balaban J connectivity index is 1.64. The van der Waals surface area contributed by atoms with Gasteiger partial charge in [0.15, 0.2) is 17.3 Å². The second-order valence-electron chi connectivity index (χ2n) is 7.24. The number of rotatable bonds is 5. The molecule has 0 radical (unpaired) electrons. The highest BCUT2D eigenvalue weighted by atomic mass is 35.5.